The van der Waals surface area contributed by atoms with Gasteiger partial charge < -0.3 is 11.3 Å². The summed E-state index contributed by atoms with van der Waals surface area (Å²) in [6, 6.07) is 0. The second-order valence-corrected chi connectivity index (χ2v) is 2.46. The number of hydrogen-bond donors (Lipinski definition) is 1. The Morgan fingerprint density at radius 1 is 1.50 bits per heavy atom. The molecule has 0 spiro atoms. The molecule has 1 aliphatic rings. The zero-order valence-corrected chi connectivity index (χ0v) is 11.1. The Labute approximate surface area is 118 Å². The number of carbonyl (C=O) groups is 1. The molecule has 1 heterocycles. The van der Waals surface area contributed by atoms with E-state index in [1.807, 2.05) is 6.92 Å². The predicted octanol–water partition coefficient (Wildman–Crippen LogP) is -1.22. The molecule has 1 fully saturated rings. The van der Waals surface area contributed by atoms with Gasteiger partial charge >= 0.3 is 57.4 Å². The van der Waals surface area contributed by atoms with Crippen molar-refractivity contribution in [3.05, 3.63) is 0 Å². The number of aliphatic carboxylic acids is 1. The first-order valence-electron chi connectivity index (χ1n) is 4.07. The van der Waals surface area contributed by atoms with Gasteiger partial charge in [0.05, 0.1) is 0 Å². The van der Waals surface area contributed by atoms with E-state index in [0.717, 1.165) is 19.6 Å². The average Bonchev–Trinajstić information content (AvgIpc) is 2.41. The molecule has 1 rings (SSSR count). The van der Waals surface area contributed by atoms with Crippen molar-refractivity contribution in [2.75, 3.05) is 13.2 Å². The molecule has 1 aliphatic heterocycles. The van der Waals surface area contributed by atoms with Crippen LogP contribution in [-0.4, -0.2) is 24.3 Å². The molecule has 0 unspecified atom stereocenters. The SMILES string of the molecule is C1CCOC1.CCCC(=O)O.[H-].[K+]. The molecule has 1 saturated heterocycles. The summed E-state index contributed by atoms with van der Waals surface area (Å²) >= 11 is 0. The van der Waals surface area contributed by atoms with E-state index >= 15 is 0 Å². The molecule has 3 nitrogen and oxygen atoms in total. The second kappa shape index (κ2) is 12.1. The van der Waals surface area contributed by atoms with Crippen LogP contribution < -0.4 is 51.4 Å². The van der Waals surface area contributed by atoms with Gasteiger partial charge in [-0.3, -0.25) is 4.79 Å². The molecule has 12 heavy (non-hydrogen) atoms. The van der Waals surface area contributed by atoms with Gasteiger partial charge in [-0.15, -0.1) is 0 Å². The molecule has 0 radical (unpaired) electrons. The van der Waals surface area contributed by atoms with E-state index in [1.54, 1.807) is 0 Å². The number of carboxylic acid groups (broad SMARTS) is 1. The maximum Gasteiger partial charge on any atom is 1.00 e. The third-order valence-electron chi connectivity index (χ3n) is 1.29. The third kappa shape index (κ3) is 13.6. The van der Waals surface area contributed by atoms with Crippen LogP contribution in [0.3, 0.4) is 0 Å². The zero-order valence-electron chi connectivity index (χ0n) is 9.01. The topological polar surface area (TPSA) is 46.5 Å². The summed E-state index contributed by atoms with van der Waals surface area (Å²) in [5.74, 6) is -0.711. The van der Waals surface area contributed by atoms with Crippen molar-refractivity contribution in [2.24, 2.45) is 0 Å². The van der Waals surface area contributed by atoms with Crippen LogP contribution in [0, 0.1) is 0 Å². The van der Waals surface area contributed by atoms with E-state index < -0.39 is 5.97 Å². The van der Waals surface area contributed by atoms with Crippen molar-refractivity contribution in [3.63, 3.8) is 0 Å². The van der Waals surface area contributed by atoms with E-state index in [0.29, 0.717) is 6.42 Å². The van der Waals surface area contributed by atoms with Gasteiger partial charge in [0.1, 0.15) is 0 Å². The Hall–Kier alpha value is 1.07. The fraction of sp³-hybridized carbons (Fsp3) is 0.875. The molecule has 0 aliphatic carbocycles. The largest absolute Gasteiger partial charge is 1.00 e. The van der Waals surface area contributed by atoms with E-state index in [-0.39, 0.29) is 52.8 Å². The molecule has 68 valence electrons. The van der Waals surface area contributed by atoms with Gasteiger partial charge in [-0.2, -0.15) is 0 Å². The Kier molecular flexibility index (Phi) is 15.6. The van der Waals surface area contributed by atoms with Crippen LogP contribution in [0.1, 0.15) is 34.0 Å². The number of ether oxygens (including phenoxy) is 1. The molecule has 0 saturated carbocycles. The van der Waals surface area contributed by atoms with Crippen molar-refractivity contribution >= 4 is 5.97 Å². The summed E-state index contributed by atoms with van der Waals surface area (Å²) in [4.78, 5) is 9.60. The minimum atomic E-state index is -0.711. The summed E-state index contributed by atoms with van der Waals surface area (Å²) < 4.78 is 4.94. The van der Waals surface area contributed by atoms with Gasteiger partial charge in [0, 0.05) is 19.6 Å². The number of hydrogen-bond acceptors (Lipinski definition) is 2. The smallest absolute Gasteiger partial charge is 1.00 e. The summed E-state index contributed by atoms with van der Waals surface area (Å²) in [5, 5.41) is 7.91. The standard InChI is InChI=1S/C4H8O2.C4H8O.K.H/c1-2-3-4(5)6;1-2-4-5-3-1;;/h2-3H2,1H3,(H,5,6);1-4H2;;/q;;+1;-1. The Balaban J connectivity index is -0.000000134. The van der Waals surface area contributed by atoms with Crippen molar-refractivity contribution in [1.29, 1.82) is 0 Å². The first-order valence-corrected chi connectivity index (χ1v) is 4.07. The van der Waals surface area contributed by atoms with Crippen LogP contribution in [0.25, 0.3) is 0 Å². The quantitative estimate of drug-likeness (QED) is 0.569. The zero-order chi connectivity index (χ0) is 8.53. The van der Waals surface area contributed by atoms with Crippen molar-refractivity contribution < 1.29 is 67.4 Å². The van der Waals surface area contributed by atoms with Crippen LogP contribution in [0.2, 0.25) is 0 Å². The summed E-state index contributed by atoms with van der Waals surface area (Å²) in [6.45, 7) is 3.84. The molecule has 0 aromatic heterocycles. The van der Waals surface area contributed by atoms with E-state index in [9.17, 15) is 4.79 Å². The van der Waals surface area contributed by atoms with Gasteiger partial charge in [0.2, 0.25) is 0 Å². The van der Waals surface area contributed by atoms with E-state index in [2.05, 4.69) is 0 Å². The Morgan fingerprint density at radius 3 is 2.08 bits per heavy atom. The molecule has 0 atom stereocenters. The van der Waals surface area contributed by atoms with Crippen molar-refractivity contribution in [2.45, 2.75) is 32.6 Å². The minimum absolute atomic E-state index is 0. The van der Waals surface area contributed by atoms with Gasteiger partial charge in [-0.25, -0.2) is 0 Å². The van der Waals surface area contributed by atoms with Gasteiger partial charge in [0.15, 0.2) is 0 Å². The summed E-state index contributed by atoms with van der Waals surface area (Å²) in [6.07, 6.45) is 3.58. The molecule has 0 bridgehead atoms. The fourth-order valence-corrected chi connectivity index (χ4v) is 0.724. The maximum atomic E-state index is 9.60. The molecule has 0 aromatic carbocycles. The van der Waals surface area contributed by atoms with Gasteiger partial charge in [0.25, 0.3) is 0 Å². The average molecular weight is 200 g/mol. The van der Waals surface area contributed by atoms with Crippen LogP contribution in [0.15, 0.2) is 0 Å². The maximum absolute atomic E-state index is 9.60. The van der Waals surface area contributed by atoms with Crippen molar-refractivity contribution in [3.8, 4) is 0 Å². The molecule has 0 amide bonds. The fourth-order valence-electron chi connectivity index (χ4n) is 0.724. The normalized spacial score (nSPS) is 14.1. The van der Waals surface area contributed by atoms with Gasteiger partial charge in [-0.1, -0.05) is 6.92 Å². The van der Waals surface area contributed by atoms with Crippen LogP contribution in [0.5, 0.6) is 0 Å². The van der Waals surface area contributed by atoms with E-state index in [1.165, 1.54) is 12.8 Å². The molecule has 1 N–H and O–H groups in total. The minimum Gasteiger partial charge on any atom is -1.00 e. The molecule has 0 aromatic rings. The van der Waals surface area contributed by atoms with Crippen LogP contribution in [-0.2, 0) is 9.53 Å². The third-order valence-corrected chi connectivity index (χ3v) is 1.29. The Morgan fingerprint density at radius 2 is 2.00 bits per heavy atom. The van der Waals surface area contributed by atoms with Gasteiger partial charge in [-0.05, 0) is 19.3 Å². The molecular weight excluding hydrogens is 183 g/mol. The molecule has 4 heteroatoms. The second-order valence-electron chi connectivity index (χ2n) is 2.46. The van der Waals surface area contributed by atoms with Crippen LogP contribution >= 0.6 is 0 Å². The summed E-state index contributed by atoms with van der Waals surface area (Å²) in [5.41, 5.74) is 0. The Bertz CT molecular complexity index is 100.0. The summed E-state index contributed by atoms with van der Waals surface area (Å²) in [7, 11) is 0. The first-order chi connectivity index (χ1) is 5.27. The predicted molar refractivity (Wildman–Crippen MR) is 43.7 cm³/mol. The number of rotatable bonds is 2. The molecular formula is C8H17KO3. The monoisotopic (exact) mass is 200 g/mol. The number of carboxylic acids is 1. The van der Waals surface area contributed by atoms with E-state index in [4.69, 9.17) is 9.84 Å². The first kappa shape index (κ1) is 15.5. The van der Waals surface area contributed by atoms with Crippen LogP contribution in [0.4, 0.5) is 0 Å². The van der Waals surface area contributed by atoms with Crippen molar-refractivity contribution in [1.82, 2.24) is 0 Å².